The zero-order valence-corrected chi connectivity index (χ0v) is 17.6. The molecule has 0 aliphatic rings. The minimum Gasteiger partial charge on any atom is -0.383 e. The molecule has 2 aromatic carbocycles. The third-order valence-electron chi connectivity index (χ3n) is 3.34. The maximum Gasteiger partial charge on any atom is 0.261 e. The number of nitrogens with one attached hydrogen (secondary N) is 2. The van der Waals surface area contributed by atoms with Crippen LogP contribution in [0.1, 0.15) is 6.92 Å². The quantitative estimate of drug-likeness (QED) is 0.640. The van der Waals surface area contributed by atoms with Crippen molar-refractivity contribution in [1.82, 2.24) is 4.72 Å². The van der Waals surface area contributed by atoms with Crippen molar-refractivity contribution in [3.8, 4) is 0 Å². The molecule has 0 saturated heterocycles. The molecule has 0 fully saturated rings. The molecule has 148 valence electrons. The lowest BCUT2D eigenvalue weighted by Gasteiger charge is -2.14. The van der Waals surface area contributed by atoms with Gasteiger partial charge in [-0.2, -0.15) is 0 Å². The molecule has 11 heteroatoms. The lowest BCUT2D eigenvalue weighted by atomic mass is 10.3. The summed E-state index contributed by atoms with van der Waals surface area (Å²) in [4.78, 5) is -0.106. The maximum absolute atomic E-state index is 12.4. The first-order valence-electron chi connectivity index (χ1n) is 7.64. The Balaban J connectivity index is 2.20. The lowest BCUT2D eigenvalue weighted by Crippen LogP contribution is -2.35. The average Bonchev–Trinajstić information content (AvgIpc) is 2.53. The number of sulfonamides is 2. The smallest absolute Gasteiger partial charge is 0.261 e. The number of hydrogen-bond acceptors (Lipinski definition) is 5. The molecule has 2 N–H and O–H groups in total. The first-order chi connectivity index (χ1) is 12.5. The van der Waals surface area contributed by atoms with E-state index in [1.165, 1.54) is 49.6 Å². The molecule has 0 aliphatic heterocycles. The van der Waals surface area contributed by atoms with Gasteiger partial charge >= 0.3 is 0 Å². The maximum atomic E-state index is 12.4. The summed E-state index contributed by atoms with van der Waals surface area (Å²) in [6.45, 7) is 1.89. The van der Waals surface area contributed by atoms with E-state index in [1.807, 2.05) is 0 Å². The van der Waals surface area contributed by atoms with Crippen LogP contribution in [0.2, 0.25) is 10.0 Å². The van der Waals surface area contributed by atoms with Crippen LogP contribution in [0.5, 0.6) is 0 Å². The fourth-order valence-corrected chi connectivity index (χ4v) is 5.23. The van der Waals surface area contributed by atoms with Gasteiger partial charge in [0.25, 0.3) is 10.0 Å². The summed E-state index contributed by atoms with van der Waals surface area (Å²) < 4.78 is 59.1. The fourth-order valence-electron chi connectivity index (χ4n) is 2.22. The minimum absolute atomic E-state index is 0.000740. The van der Waals surface area contributed by atoms with Gasteiger partial charge in [0.2, 0.25) is 10.0 Å². The highest BCUT2D eigenvalue weighted by Crippen LogP contribution is 2.24. The van der Waals surface area contributed by atoms with Gasteiger partial charge in [0, 0.05) is 28.9 Å². The molecule has 1 unspecified atom stereocenters. The topological polar surface area (TPSA) is 102 Å². The van der Waals surface area contributed by atoms with Gasteiger partial charge in [-0.3, -0.25) is 4.72 Å². The van der Waals surface area contributed by atoms with E-state index in [-0.39, 0.29) is 32.1 Å². The fraction of sp³-hybridized carbons (Fsp3) is 0.250. The van der Waals surface area contributed by atoms with Crippen molar-refractivity contribution in [2.45, 2.75) is 22.8 Å². The number of methoxy groups -OCH3 is 1. The van der Waals surface area contributed by atoms with Crippen LogP contribution in [-0.4, -0.2) is 36.6 Å². The molecule has 2 aromatic rings. The third-order valence-corrected chi connectivity index (χ3v) is 6.74. The van der Waals surface area contributed by atoms with E-state index in [0.29, 0.717) is 0 Å². The Morgan fingerprint density at radius 2 is 1.48 bits per heavy atom. The summed E-state index contributed by atoms with van der Waals surface area (Å²) in [5, 5.41) is 0.362. The van der Waals surface area contributed by atoms with E-state index in [0.717, 1.165) is 0 Å². The van der Waals surface area contributed by atoms with E-state index >= 15 is 0 Å². The van der Waals surface area contributed by atoms with Gasteiger partial charge in [-0.1, -0.05) is 23.2 Å². The molecule has 7 nitrogen and oxygen atoms in total. The van der Waals surface area contributed by atoms with Gasteiger partial charge in [0.1, 0.15) is 0 Å². The van der Waals surface area contributed by atoms with E-state index in [4.69, 9.17) is 27.9 Å². The highest BCUT2D eigenvalue weighted by Gasteiger charge is 2.19. The number of anilines is 1. The Hall–Kier alpha value is -1.36. The second kappa shape index (κ2) is 8.76. The normalized spacial score (nSPS) is 13.3. The van der Waals surface area contributed by atoms with Crippen LogP contribution in [0.3, 0.4) is 0 Å². The molecule has 0 aromatic heterocycles. The van der Waals surface area contributed by atoms with Crippen LogP contribution in [0.15, 0.2) is 52.3 Å². The summed E-state index contributed by atoms with van der Waals surface area (Å²) in [5.74, 6) is 0. The molecular formula is C16H18Cl2N2O5S2. The molecule has 2 rings (SSSR count). The zero-order valence-electron chi connectivity index (χ0n) is 14.4. The summed E-state index contributed by atoms with van der Waals surface area (Å²) in [5.41, 5.74) is 0.190. The zero-order chi connectivity index (χ0) is 20.2. The number of halogens is 2. The van der Waals surface area contributed by atoms with E-state index < -0.39 is 26.1 Å². The number of hydrogen-bond donors (Lipinski definition) is 2. The second-order valence-corrected chi connectivity index (χ2v) is 9.98. The molecule has 1 atom stereocenters. The first-order valence-corrected chi connectivity index (χ1v) is 11.4. The van der Waals surface area contributed by atoms with Crippen LogP contribution >= 0.6 is 23.2 Å². The Morgan fingerprint density at radius 1 is 0.926 bits per heavy atom. The van der Waals surface area contributed by atoms with Gasteiger partial charge in [-0.25, -0.2) is 21.6 Å². The van der Waals surface area contributed by atoms with Gasteiger partial charge in [0.05, 0.1) is 16.4 Å². The van der Waals surface area contributed by atoms with Crippen molar-refractivity contribution < 1.29 is 21.6 Å². The van der Waals surface area contributed by atoms with Crippen molar-refractivity contribution >= 4 is 48.9 Å². The summed E-state index contributed by atoms with van der Waals surface area (Å²) >= 11 is 11.7. The molecule has 0 radical (unpaired) electrons. The summed E-state index contributed by atoms with van der Waals surface area (Å²) in [6, 6.07) is 8.81. The van der Waals surface area contributed by atoms with Gasteiger partial charge in [0.15, 0.2) is 0 Å². The van der Waals surface area contributed by atoms with Gasteiger partial charge < -0.3 is 4.74 Å². The third kappa shape index (κ3) is 6.06. The van der Waals surface area contributed by atoms with Crippen LogP contribution in [-0.2, 0) is 24.8 Å². The lowest BCUT2D eigenvalue weighted by molar-refractivity contribution is 0.180. The standard InChI is InChI=1S/C16H18Cl2N2O5S2/c1-11(10-25-2)19-26(21,22)15-5-3-14(4-6-15)20-27(23,24)16-8-12(17)7-13(18)9-16/h3-9,11,19-20H,10H2,1-2H3. The molecule has 0 aliphatic carbocycles. The largest absolute Gasteiger partial charge is 0.383 e. The molecule has 27 heavy (non-hydrogen) atoms. The van der Waals surface area contributed by atoms with Gasteiger partial charge in [-0.05, 0) is 49.4 Å². The highest BCUT2D eigenvalue weighted by atomic mass is 35.5. The minimum atomic E-state index is -3.93. The van der Waals surface area contributed by atoms with Gasteiger partial charge in [-0.15, -0.1) is 0 Å². The van der Waals surface area contributed by atoms with Crippen molar-refractivity contribution in [2.75, 3.05) is 18.4 Å². The summed E-state index contributed by atoms with van der Waals surface area (Å²) in [7, 11) is -6.21. The molecule has 0 saturated carbocycles. The molecule has 0 heterocycles. The number of benzene rings is 2. The molecular weight excluding hydrogens is 435 g/mol. The second-order valence-electron chi connectivity index (χ2n) is 5.71. The van der Waals surface area contributed by atoms with Crippen LogP contribution in [0.25, 0.3) is 0 Å². The predicted octanol–water partition coefficient (Wildman–Crippen LogP) is 3.11. The first kappa shape index (κ1) is 21.9. The number of ether oxygens (including phenoxy) is 1. The van der Waals surface area contributed by atoms with E-state index in [1.54, 1.807) is 6.92 Å². The SMILES string of the molecule is COCC(C)NS(=O)(=O)c1ccc(NS(=O)(=O)c2cc(Cl)cc(Cl)c2)cc1. The molecule has 0 spiro atoms. The van der Waals surface area contributed by atoms with Crippen molar-refractivity contribution in [1.29, 1.82) is 0 Å². The highest BCUT2D eigenvalue weighted by molar-refractivity contribution is 7.92. The van der Waals surface area contributed by atoms with E-state index in [9.17, 15) is 16.8 Å². The summed E-state index contributed by atoms with van der Waals surface area (Å²) in [6.07, 6.45) is 0. The van der Waals surface area contributed by atoms with Crippen molar-refractivity contribution in [2.24, 2.45) is 0 Å². The Morgan fingerprint density at radius 3 is 2.00 bits per heavy atom. The Labute approximate surface area is 168 Å². The van der Waals surface area contributed by atoms with Crippen molar-refractivity contribution in [3.63, 3.8) is 0 Å². The monoisotopic (exact) mass is 452 g/mol. The Bertz CT molecular complexity index is 989. The Kier molecular flexibility index (Phi) is 7.12. The van der Waals surface area contributed by atoms with Crippen LogP contribution in [0, 0.1) is 0 Å². The number of rotatable bonds is 8. The predicted molar refractivity (Wildman–Crippen MR) is 105 cm³/mol. The van der Waals surface area contributed by atoms with E-state index in [2.05, 4.69) is 9.44 Å². The van der Waals surface area contributed by atoms with Crippen LogP contribution in [0.4, 0.5) is 5.69 Å². The molecule has 0 bridgehead atoms. The van der Waals surface area contributed by atoms with Crippen molar-refractivity contribution in [3.05, 3.63) is 52.5 Å². The van der Waals surface area contributed by atoms with Crippen LogP contribution < -0.4 is 9.44 Å². The molecule has 0 amide bonds. The average molecular weight is 453 g/mol.